The molecule has 1 N–H and O–H groups in total. The van der Waals surface area contributed by atoms with E-state index in [0.717, 1.165) is 16.3 Å². The normalized spacial score (nSPS) is 15.7. The Kier molecular flexibility index (Phi) is 6.20. The highest BCUT2D eigenvalue weighted by atomic mass is 35.5. The number of carbonyl (C=O) groups is 2. The molecule has 0 aliphatic carbocycles. The summed E-state index contributed by atoms with van der Waals surface area (Å²) >= 11 is 7.49. The number of likely N-dealkylation sites (tertiary alicyclic amines) is 1. The summed E-state index contributed by atoms with van der Waals surface area (Å²) in [5, 5.41) is 5.72. The SMILES string of the molecule is Cn1ccnc1[C@H](NC(=O)C1CCN(C(=O)c2cccs2)CC1)c1ccc(Cl)cc1. The van der Waals surface area contributed by atoms with Crippen LogP contribution in [0.15, 0.2) is 54.2 Å². The molecule has 3 aromatic rings. The third-order valence-corrected chi connectivity index (χ3v) is 6.60. The van der Waals surface area contributed by atoms with Gasteiger partial charge in [0, 0.05) is 43.5 Å². The van der Waals surface area contributed by atoms with Crippen molar-refractivity contribution in [2.24, 2.45) is 13.0 Å². The van der Waals surface area contributed by atoms with E-state index in [2.05, 4.69) is 10.3 Å². The second-order valence-electron chi connectivity index (χ2n) is 7.43. The van der Waals surface area contributed by atoms with Crippen molar-refractivity contribution >= 4 is 34.8 Å². The first-order valence-electron chi connectivity index (χ1n) is 9.89. The van der Waals surface area contributed by atoms with Crippen molar-refractivity contribution in [3.8, 4) is 0 Å². The fraction of sp³-hybridized carbons (Fsp3) is 0.318. The van der Waals surface area contributed by atoms with Gasteiger partial charge >= 0.3 is 0 Å². The van der Waals surface area contributed by atoms with Gasteiger partial charge in [0.2, 0.25) is 5.91 Å². The minimum absolute atomic E-state index is 0.0128. The van der Waals surface area contributed by atoms with Crippen LogP contribution in [0.25, 0.3) is 0 Å². The first kappa shape index (κ1) is 20.6. The van der Waals surface area contributed by atoms with E-state index < -0.39 is 0 Å². The average Bonchev–Trinajstić information content (AvgIpc) is 3.44. The van der Waals surface area contributed by atoms with Crippen molar-refractivity contribution in [2.45, 2.75) is 18.9 Å². The smallest absolute Gasteiger partial charge is 0.263 e. The number of piperidine rings is 1. The number of nitrogens with zero attached hydrogens (tertiary/aromatic N) is 3. The number of aryl methyl sites for hydroxylation is 1. The van der Waals surface area contributed by atoms with Gasteiger partial charge in [-0.3, -0.25) is 9.59 Å². The van der Waals surface area contributed by atoms with Crippen LogP contribution >= 0.6 is 22.9 Å². The molecule has 1 aromatic carbocycles. The highest BCUT2D eigenvalue weighted by Crippen LogP contribution is 2.25. The van der Waals surface area contributed by atoms with Crippen molar-refractivity contribution in [3.05, 3.63) is 75.5 Å². The molecule has 2 aromatic heterocycles. The number of halogens is 1. The molecule has 8 heteroatoms. The van der Waals surface area contributed by atoms with Crippen LogP contribution in [0.1, 0.15) is 39.9 Å². The summed E-state index contributed by atoms with van der Waals surface area (Å²) in [6, 6.07) is 10.8. The Bertz CT molecular complexity index is 1010. The van der Waals surface area contributed by atoms with Crippen molar-refractivity contribution in [1.82, 2.24) is 19.8 Å². The summed E-state index contributed by atoms with van der Waals surface area (Å²) < 4.78 is 1.90. The molecule has 30 heavy (non-hydrogen) atoms. The Labute approximate surface area is 184 Å². The van der Waals surface area contributed by atoms with Crippen molar-refractivity contribution < 1.29 is 9.59 Å². The maximum Gasteiger partial charge on any atom is 0.263 e. The van der Waals surface area contributed by atoms with Crippen LogP contribution in [0.5, 0.6) is 0 Å². The third-order valence-electron chi connectivity index (χ3n) is 5.49. The number of amides is 2. The van der Waals surface area contributed by atoms with E-state index in [9.17, 15) is 9.59 Å². The molecule has 1 saturated heterocycles. The lowest BCUT2D eigenvalue weighted by Gasteiger charge is -2.32. The van der Waals surface area contributed by atoms with Crippen LogP contribution in [-0.4, -0.2) is 39.4 Å². The minimum atomic E-state index is -0.361. The minimum Gasteiger partial charge on any atom is -0.342 e. The Morgan fingerprint density at radius 3 is 2.53 bits per heavy atom. The second kappa shape index (κ2) is 9.02. The topological polar surface area (TPSA) is 67.2 Å². The van der Waals surface area contributed by atoms with Crippen LogP contribution < -0.4 is 5.32 Å². The van der Waals surface area contributed by atoms with Crippen molar-refractivity contribution in [1.29, 1.82) is 0 Å². The van der Waals surface area contributed by atoms with Gasteiger partial charge in [0.25, 0.3) is 5.91 Å². The van der Waals surface area contributed by atoms with E-state index in [0.29, 0.717) is 31.0 Å². The van der Waals surface area contributed by atoms with Gasteiger partial charge in [0.05, 0.1) is 4.88 Å². The molecule has 156 valence electrons. The van der Waals surface area contributed by atoms with Crippen LogP contribution in [-0.2, 0) is 11.8 Å². The molecule has 0 radical (unpaired) electrons. The Hall–Kier alpha value is -2.64. The van der Waals surface area contributed by atoms with Gasteiger partial charge in [-0.15, -0.1) is 11.3 Å². The van der Waals surface area contributed by atoms with Gasteiger partial charge in [-0.2, -0.15) is 0 Å². The number of hydrogen-bond acceptors (Lipinski definition) is 4. The molecular formula is C22H23ClN4O2S. The summed E-state index contributed by atoms with van der Waals surface area (Å²) in [6.45, 7) is 1.17. The lowest BCUT2D eigenvalue weighted by molar-refractivity contribution is -0.126. The predicted molar refractivity (Wildman–Crippen MR) is 118 cm³/mol. The van der Waals surface area contributed by atoms with Crippen LogP contribution in [0.4, 0.5) is 0 Å². The highest BCUT2D eigenvalue weighted by Gasteiger charge is 2.30. The van der Waals surface area contributed by atoms with Gasteiger partial charge < -0.3 is 14.8 Å². The zero-order valence-corrected chi connectivity index (χ0v) is 18.2. The van der Waals surface area contributed by atoms with E-state index in [1.165, 1.54) is 11.3 Å². The lowest BCUT2D eigenvalue weighted by atomic mass is 9.94. The molecule has 6 nitrogen and oxygen atoms in total. The molecule has 1 fully saturated rings. The maximum absolute atomic E-state index is 13.1. The van der Waals surface area contributed by atoms with E-state index >= 15 is 0 Å². The van der Waals surface area contributed by atoms with E-state index in [4.69, 9.17) is 11.6 Å². The molecule has 4 rings (SSSR count). The van der Waals surface area contributed by atoms with E-state index in [1.54, 1.807) is 6.20 Å². The summed E-state index contributed by atoms with van der Waals surface area (Å²) in [7, 11) is 1.91. The van der Waals surface area contributed by atoms with E-state index in [-0.39, 0.29) is 23.8 Å². The van der Waals surface area contributed by atoms with Crippen LogP contribution in [0.3, 0.4) is 0 Å². The zero-order chi connectivity index (χ0) is 21.1. The molecule has 0 bridgehead atoms. The quantitative estimate of drug-likeness (QED) is 0.651. The first-order valence-corrected chi connectivity index (χ1v) is 11.1. The van der Waals surface area contributed by atoms with Gasteiger partial charge in [-0.25, -0.2) is 4.98 Å². The first-order chi connectivity index (χ1) is 14.5. The number of rotatable bonds is 5. The molecule has 1 aliphatic rings. The lowest BCUT2D eigenvalue weighted by Crippen LogP contribution is -2.44. The van der Waals surface area contributed by atoms with Gasteiger partial charge in [-0.05, 0) is 42.0 Å². The summed E-state index contributed by atoms with van der Waals surface area (Å²) in [6.07, 6.45) is 4.88. The van der Waals surface area contributed by atoms with Crippen molar-refractivity contribution in [3.63, 3.8) is 0 Å². The number of carbonyl (C=O) groups excluding carboxylic acids is 2. The number of aromatic nitrogens is 2. The Morgan fingerprint density at radius 2 is 1.93 bits per heavy atom. The monoisotopic (exact) mass is 442 g/mol. The van der Waals surface area contributed by atoms with Crippen molar-refractivity contribution in [2.75, 3.05) is 13.1 Å². The number of imidazole rings is 1. The molecule has 0 spiro atoms. The number of benzene rings is 1. The largest absolute Gasteiger partial charge is 0.342 e. The standard InChI is InChI=1S/C22H23ClN4O2S/c1-26-13-10-24-20(26)19(15-4-6-17(23)7-5-15)25-21(28)16-8-11-27(12-9-16)22(29)18-3-2-14-30-18/h2-7,10,13-14,16,19H,8-9,11-12H2,1H3,(H,25,28)/t19-/m1/s1. The fourth-order valence-corrected chi connectivity index (χ4v) is 4.59. The Balaban J connectivity index is 1.44. The number of nitrogens with one attached hydrogen (secondary N) is 1. The molecular weight excluding hydrogens is 420 g/mol. The average molecular weight is 443 g/mol. The zero-order valence-electron chi connectivity index (χ0n) is 16.6. The summed E-state index contributed by atoms with van der Waals surface area (Å²) in [5.74, 6) is 0.667. The molecule has 1 aliphatic heterocycles. The van der Waals surface area contributed by atoms with Gasteiger partial charge in [0.15, 0.2) is 0 Å². The van der Waals surface area contributed by atoms with Gasteiger partial charge in [-0.1, -0.05) is 29.8 Å². The molecule has 1 atom stereocenters. The molecule has 2 amide bonds. The highest BCUT2D eigenvalue weighted by molar-refractivity contribution is 7.12. The van der Waals surface area contributed by atoms with Crippen LogP contribution in [0, 0.1) is 5.92 Å². The summed E-state index contributed by atoms with van der Waals surface area (Å²) in [4.78, 5) is 32.6. The molecule has 3 heterocycles. The van der Waals surface area contributed by atoms with Crippen LogP contribution in [0.2, 0.25) is 5.02 Å². The molecule has 0 unspecified atom stereocenters. The summed E-state index contributed by atoms with van der Waals surface area (Å²) in [5.41, 5.74) is 0.923. The Morgan fingerprint density at radius 1 is 1.20 bits per heavy atom. The number of thiophene rings is 1. The molecule has 0 saturated carbocycles. The number of hydrogen-bond donors (Lipinski definition) is 1. The van der Waals surface area contributed by atoms with Gasteiger partial charge in [0.1, 0.15) is 11.9 Å². The second-order valence-corrected chi connectivity index (χ2v) is 8.82. The fourth-order valence-electron chi connectivity index (χ4n) is 3.77. The predicted octanol–water partition coefficient (Wildman–Crippen LogP) is 3.89. The maximum atomic E-state index is 13.1. The third kappa shape index (κ3) is 4.42. The van der Waals surface area contributed by atoms with E-state index in [1.807, 2.05) is 64.5 Å².